The fourth-order valence-electron chi connectivity index (χ4n) is 2.68. The lowest BCUT2D eigenvalue weighted by molar-refractivity contribution is 0.0793. The number of para-hydroxylation sites is 1. The van der Waals surface area contributed by atoms with Crippen LogP contribution in [0.4, 0.5) is 10.5 Å². The molecule has 3 rings (SSSR count). The highest BCUT2D eigenvalue weighted by atomic mass is 16.6. The van der Waals surface area contributed by atoms with Crippen molar-refractivity contribution in [1.29, 1.82) is 0 Å². The van der Waals surface area contributed by atoms with Crippen molar-refractivity contribution in [2.24, 2.45) is 5.92 Å². The van der Waals surface area contributed by atoms with E-state index in [2.05, 4.69) is 10.2 Å². The fraction of sp³-hybridized carbons (Fsp3) is 0.462. The molecular weight excluding hydrogens is 216 g/mol. The number of nitrogens with one attached hydrogen (secondary N) is 1. The first-order valence-corrected chi connectivity index (χ1v) is 6.06. The molecule has 0 saturated carbocycles. The number of hydrogen-bond donors (Lipinski definition) is 1. The van der Waals surface area contributed by atoms with Gasteiger partial charge in [-0.05, 0) is 25.1 Å². The summed E-state index contributed by atoms with van der Waals surface area (Å²) in [7, 11) is 0. The van der Waals surface area contributed by atoms with Gasteiger partial charge in [0.15, 0.2) is 0 Å². The van der Waals surface area contributed by atoms with Crippen LogP contribution < -0.4 is 5.32 Å². The van der Waals surface area contributed by atoms with Crippen LogP contribution in [-0.2, 0) is 4.74 Å². The molecule has 1 aromatic rings. The lowest BCUT2D eigenvalue weighted by Crippen LogP contribution is -2.33. The molecule has 2 bridgehead atoms. The van der Waals surface area contributed by atoms with Crippen LogP contribution in [0, 0.1) is 5.92 Å². The molecule has 3 atom stereocenters. The predicted molar refractivity (Wildman–Crippen MR) is 64.9 cm³/mol. The first-order chi connectivity index (χ1) is 8.31. The van der Waals surface area contributed by atoms with Crippen molar-refractivity contribution in [3.05, 3.63) is 30.3 Å². The van der Waals surface area contributed by atoms with Crippen LogP contribution in [-0.4, -0.2) is 36.7 Å². The number of carbonyl (C=O) groups excluding carboxylic acids is 1. The number of benzene rings is 1. The molecule has 2 heterocycles. The van der Waals surface area contributed by atoms with E-state index in [4.69, 9.17) is 4.74 Å². The number of piperidine rings is 1. The van der Waals surface area contributed by atoms with Crippen LogP contribution in [0.1, 0.15) is 6.42 Å². The topological polar surface area (TPSA) is 41.6 Å². The van der Waals surface area contributed by atoms with Crippen molar-refractivity contribution < 1.29 is 9.53 Å². The molecule has 0 radical (unpaired) electrons. The maximum Gasteiger partial charge on any atom is 0.411 e. The zero-order valence-electron chi connectivity index (χ0n) is 9.63. The maximum absolute atomic E-state index is 11.7. The Hall–Kier alpha value is -1.55. The maximum atomic E-state index is 11.7. The monoisotopic (exact) mass is 232 g/mol. The average Bonchev–Trinajstić information content (AvgIpc) is 2.92. The van der Waals surface area contributed by atoms with E-state index in [0.29, 0.717) is 5.92 Å². The molecule has 1 amide bonds. The molecule has 17 heavy (non-hydrogen) atoms. The lowest BCUT2D eigenvalue weighted by atomic mass is 10.0. The first kappa shape index (κ1) is 10.6. The van der Waals surface area contributed by atoms with Crippen molar-refractivity contribution in [1.82, 2.24) is 4.90 Å². The van der Waals surface area contributed by atoms with Crippen molar-refractivity contribution in [3.8, 4) is 0 Å². The van der Waals surface area contributed by atoms with Gasteiger partial charge < -0.3 is 4.74 Å². The second kappa shape index (κ2) is 4.37. The summed E-state index contributed by atoms with van der Waals surface area (Å²) in [5, 5.41) is 2.75. The van der Waals surface area contributed by atoms with Crippen LogP contribution in [0.2, 0.25) is 0 Å². The Morgan fingerprint density at radius 1 is 1.29 bits per heavy atom. The van der Waals surface area contributed by atoms with Crippen LogP contribution in [0.3, 0.4) is 0 Å². The number of nitrogens with zero attached hydrogens (tertiary/aromatic N) is 1. The van der Waals surface area contributed by atoms with Gasteiger partial charge in [-0.2, -0.15) is 0 Å². The Morgan fingerprint density at radius 2 is 2.12 bits per heavy atom. The van der Waals surface area contributed by atoms with Gasteiger partial charge in [-0.1, -0.05) is 18.2 Å². The Kier molecular flexibility index (Phi) is 2.73. The number of anilines is 1. The van der Waals surface area contributed by atoms with Gasteiger partial charge in [-0.3, -0.25) is 10.2 Å². The molecule has 2 saturated heterocycles. The summed E-state index contributed by atoms with van der Waals surface area (Å²) in [6.45, 7) is 3.14. The quantitative estimate of drug-likeness (QED) is 0.847. The molecule has 90 valence electrons. The zero-order chi connectivity index (χ0) is 11.7. The number of amides is 1. The van der Waals surface area contributed by atoms with Crippen LogP contribution in [0.15, 0.2) is 30.3 Å². The minimum Gasteiger partial charge on any atom is -0.444 e. The predicted octanol–water partition coefficient (Wildman–Crippen LogP) is 1.94. The zero-order valence-corrected chi connectivity index (χ0v) is 9.63. The molecule has 0 spiro atoms. The summed E-state index contributed by atoms with van der Waals surface area (Å²) in [5.74, 6) is 0.538. The van der Waals surface area contributed by atoms with Gasteiger partial charge in [-0.15, -0.1) is 0 Å². The second-order valence-electron chi connectivity index (χ2n) is 4.74. The highest BCUT2D eigenvalue weighted by Gasteiger charge is 2.40. The van der Waals surface area contributed by atoms with E-state index in [1.54, 1.807) is 0 Å². The summed E-state index contributed by atoms with van der Waals surface area (Å²) >= 11 is 0. The summed E-state index contributed by atoms with van der Waals surface area (Å²) in [4.78, 5) is 14.0. The molecule has 3 unspecified atom stereocenters. The van der Waals surface area contributed by atoms with E-state index in [9.17, 15) is 4.79 Å². The summed E-state index contributed by atoms with van der Waals surface area (Å²) < 4.78 is 5.46. The van der Waals surface area contributed by atoms with E-state index >= 15 is 0 Å². The Labute approximate surface area is 101 Å². The molecule has 0 aromatic heterocycles. The van der Waals surface area contributed by atoms with E-state index in [0.717, 1.165) is 31.7 Å². The standard InChI is InChI=1S/C13H16N2O2/c16-13(14-11-4-2-1-3-5-11)17-12-9-15-7-6-10(12)8-15/h1-5,10,12H,6-9H2,(H,14,16). The molecule has 1 aromatic carbocycles. The SMILES string of the molecule is O=C(Nc1ccccc1)OC1CN2CCC1C2. The van der Waals surface area contributed by atoms with Crippen LogP contribution in [0.25, 0.3) is 0 Å². The van der Waals surface area contributed by atoms with Crippen molar-refractivity contribution >= 4 is 11.8 Å². The van der Waals surface area contributed by atoms with E-state index < -0.39 is 0 Å². The fourth-order valence-corrected chi connectivity index (χ4v) is 2.68. The van der Waals surface area contributed by atoms with Gasteiger partial charge in [-0.25, -0.2) is 4.79 Å². The first-order valence-electron chi connectivity index (χ1n) is 6.06. The molecule has 2 fully saturated rings. The summed E-state index contributed by atoms with van der Waals surface area (Å²) in [6, 6.07) is 9.40. The molecule has 1 N–H and O–H groups in total. The van der Waals surface area contributed by atoms with Gasteiger partial charge >= 0.3 is 6.09 Å². The second-order valence-corrected chi connectivity index (χ2v) is 4.74. The highest BCUT2D eigenvalue weighted by Crippen LogP contribution is 2.30. The van der Waals surface area contributed by atoms with Crippen molar-refractivity contribution in [2.75, 3.05) is 25.0 Å². The van der Waals surface area contributed by atoms with Crippen molar-refractivity contribution in [2.45, 2.75) is 12.5 Å². The van der Waals surface area contributed by atoms with E-state index in [1.807, 2.05) is 30.3 Å². The minimum absolute atomic E-state index is 0.0764. The Bertz CT molecular complexity index is 407. The number of hydrogen-bond acceptors (Lipinski definition) is 3. The number of rotatable bonds is 2. The molecular formula is C13H16N2O2. The van der Waals surface area contributed by atoms with Gasteiger partial charge in [0.2, 0.25) is 0 Å². The number of ether oxygens (including phenoxy) is 1. The minimum atomic E-state index is -0.338. The molecule has 0 aliphatic carbocycles. The number of carbonyl (C=O) groups is 1. The van der Waals surface area contributed by atoms with Gasteiger partial charge in [0.05, 0.1) is 0 Å². The lowest BCUT2D eigenvalue weighted by Gasteiger charge is -2.22. The smallest absolute Gasteiger partial charge is 0.411 e. The third-order valence-corrected chi connectivity index (χ3v) is 3.55. The molecule has 2 aliphatic heterocycles. The van der Waals surface area contributed by atoms with Crippen LogP contribution in [0.5, 0.6) is 0 Å². The largest absolute Gasteiger partial charge is 0.444 e. The third-order valence-electron chi connectivity index (χ3n) is 3.55. The molecule has 4 heteroatoms. The van der Waals surface area contributed by atoms with Gasteiger partial charge in [0, 0.05) is 24.7 Å². The average molecular weight is 232 g/mol. The normalized spacial score (nSPS) is 30.2. The molecule has 4 nitrogen and oxygen atoms in total. The van der Waals surface area contributed by atoms with E-state index in [1.165, 1.54) is 0 Å². The summed E-state index contributed by atoms with van der Waals surface area (Å²) in [6.07, 6.45) is 0.894. The Morgan fingerprint density at radius 3 is 2.76 bits per heavy atom. The Balaban J connectivity index is 1.54. The number of fused-ring (bicyclic) bond motifs is 2. The van der Waals surface area contributed by atoms with Crippen LogP contribution >= 0.6 is 0 Å². The molecule has 2 aliphatic rings. The van der Waals surface area contributed by atoms with Crippen molar-refractivity contribution in [3.63, 3.8) is 0 Å². The van der Waals surface area contributed by atoms with E-state index in [-0.39, 0.29) is 12.2 Å². The van der Waals surface area contributed by atoms with Gasteiger partial charge in [0.1, 0.15) is 6.10 Å². The third kappa shape index (κ3) is 2.26. The summed E-state index contributed by atoms with van der Waals surface area (Å²) in [5.41, 5.74) is 0.779. The highest BCUT2D eigenvalue weighted by molar-refractivity contribution is 5.84. The van der Waals surface area contributed by atoms with Gasteiger partial charge in [0.25, 0.3) is 0 Å².